The lowest BCUT2D eigenvalue weighted by atomic mass is 9.91. The van der Waals surface area contributed by atoms with Gasteiger partial charge in [-0.05, 0) is 32.9 Å². The Morgan fingerprint density at radius 2 is 1.71 bits per heavy atom. The quantitative estimate of drug-likeness (QED) is 0.666. The van der Waals surface area contributed by atoms with Crippen LogP contribution in [0.1, 0.15) is 47.2 Å². The molecule has 0 amide bonds. The third kappa shape index (κ3) is 2.21. The minimum absolute atomic E-state index is 0.0984. The largest absolute Gasteiger partial charge is 0.342 e. The predicted octanol–water partition coefficient (Wildman–Crippen LogP) is 4.09. The highest BCUT2D eigenvalue weighted by atomic mass is 15.0. The van der Waals surface area contributed by atoms with Gasteiger partial charge in [-0.2, -0.15) is 0 Å². The van der Waals surface area contributed by atoms with Gasteiger partial charge in [-0.25, -0.2) is 0 Å². The van der Waals surface area contributed by atoms with Crippen molar-refractivity contribution in [1.29, 1.82) is 0 Å². The van der Waals surface area contributed by atoms with Crippen LogP contribution in [-0.4, -0.2) is 9.55 Å². The SMILES string of the molecule is CC(C)(C)c1cc2c(ccn2C(C)(C)C)cn1. The fourth-order valence-electron chi connectivity index (χ4n) is 2.02. The molecule has 0 aliphatic heterocycles. The van der Waals surface area contributed by atoms with Gasteiger partial charge < -0.3 is 4.57 Å². The van der Waals surface area contributed by atoms with Crippen molar-refractivity contribution in [3.05, 3.63) is 30.2 Å². The molecule has 2 nitrogen and oxygen atoms in total. The lowest BCUT2D eigenvalue weighted by Gasteiger charge is -2.24. The van der Waals surface area contributed by atoms with Crippen LogP contribution in [0.3, 0.4) is 0 Å². The van der Waals surface area contributed by atoms with E-state index in [4.69, 9.17) is 0 Å². The van der Waals surface area contributed by atoms with Crippen molar-refractivity contribution in [1.82, 2.24) is 9.55 Å². The molecule has 0 aliphatic rings. The average molecular weight is 230 g/mol. The molecule has 0 radical (unpaired) electrons. The molecule has 2 heteroatoms. The molecule has 0 unspecified atom stereocenters. The molecule has 2 aromatic rings. The molecular weight excluding hydrogens is 208 g/mol. The maximum atomic E-state index is 4.56. The summed E-state index contributed by atoms with van der Waals surface area (Å²) in [6.45, 7) is 13.3. The summed E-state index contributed by atoms with van der Waals surface area (Å²) in [5, 5.41) is 1.22. The molecule has 2 heterocycles. The number of aromatic nitrogens is 2. The van der Waals surface area contributed by atoms with Gasteiger partial charge >= 0.3 is 0 Å². The first-order valence-electron chi connectivity index (χ1n) is 6.18. The monoisotopic (exact) mass is 230 g/mol. The van der Waals surface area contributed by atoms with E-state index >= 15 is 0 Å². The molecule has 17 heavy (non-hydrogen) atoms. The minimum atomic E-state index is 0.0984. The van der Waals surface area contributed by atoms with Gasteiger partial charge in [-0.1, -0.05) is 20.8 Å². The van der Waals surface area contributed by atoms with Gasteiger partial charge in [0.2, 0.25) is 0 Å². The Kier molecular flexibility index (Phi) is 2.57. The van der Waals surface area contributed by atoms with Gasteiger partial charge in [-0.15, -0.1) is 0 Å². The van der Waals surface area contributed by atoms with E-state index in [1.807, 2.05) is 6.20 Å². The zero-order valence-electron chi connectivity index (χ0n) is 11.7. The van der Waals surface area contributed by atoms with Crippen LogP contribution in [0.2, 0.25) is 0 Å². The number of hydrogen-bond acceptors (Lipinski definition) is 1. The summed E-state index contributed by atoms with van der Waals surface area (Å²) < 4.78 is 2.32. The first kappa shape index (κ1) is 12.2. The second-order valence-corrected chi connectivity index (χ2v) is 6.73. The topological polar surface area (TPSA) is 17.8 Å². The number of rotatable bonds is 0. The van der Waals surface area contributed by atoms with E-state index in [2.05, 4.69) is 69.4 Å². The van der Waals surface area contributed by atoms with E-state index in [1.54, 1.807) is 0 Å². The van der Waals surface area contributed by atoms with Crippen molar-refractivity contribution in [2.75, 3.05) is 0 Å². The Bertz CT molecular complexity index is 536. The maximum Gasteiger partial charge on any atom is 0.0519 e. The molecule has 2 aromatic heterocycles. The summed E-state index contributed by atoms with van der Waals surface area (Å²) in [5.41, 5.74) is 2.63. The zero-order chi connectivity index (χ0) is 12.8. The Hall–Kier alpha value is -1.31. The van der Waals surface area contributed by atoms with Crippen LogP contribution in [0.15, 0.2) is 24.5 Å². The zero-order valence-corrected chi connectivity index (χ0v) is 11.7. The first-order chi connectivity index (χ1) is 7.69. The fraction of sp³-hybridized carbons (Fsp3) is 0.533. The van der Waals surface area contributed by atoms with Gasteiger partial charge in [0.05, 0.1) is 5.52 Å². The van der Waals surface area contributed by atoms with Crippen molar-refractivity contribution >= 4 is 10.9 Å². The van der Waals surface area contributed by atoms with Gasteiger partial charge in [0.15, 0.2) is 0 Å². The lowest BCUT2D eigenvalue weighted by molar-refractivity contribution is 0.410. The molecule has 0 fully saturated rings. The third-order valence-corrected chi connectivity index (χ3v) is 3.07. The molecule has 0 bridgehead atoms. The lowest BCUT2D eigenvalue weighted by Crippen LogP contribution is -2.21. The van der Waals surface area contributed by atoms with Crippen molar-refractivity contribution in [2.24, 2.45) is 0 Å². The van der Waals surface area contributed by atoms with Gasteiger partial charge in [0.1, 0.15) is 0 Å². The summed E-state index contributed by atoms with van der Waals surface area (Å²) in [7, 11) is 0. The summed E-state index contributed by atoms with van der Waals surface area (Å²) in [5.74, 6) is 0. The van der Waals surface area contributed by atoms with Crippen molar-refractivity contribution in [3.63, 3.8) is 0 Å². The Balaban J connectivity index is 2.67. The first-order valence-corrected chi connectivity index (χ1v) is 6.18. The fourth-order valence-corrected chi connectivity index (χ4v) is 2.02. The highest BCUT2D eigenvalue weighted by molar-refractivity contribution is 5.80. The highest BCUT2D eigenvalue weighted by Gasteiger charge is 2.19. The van der Waals surface area contributed by atoms with Crippen LogP contribution in [0, 0.1) is 0 Å². The molecule has 0 N–H and O–H groups in total. The Labute approximate surface area is 104 Å². The Morgan fingerprint density at radius 1 is 1.06 bits per heavy atom. The molecule has 0 spiro atoms. The summed E-state index contributed by atoms with van der Waals surface area (Å²) in [4.78, 5) is 4.56. The van der Waals surface area contributed by atoms with Gasteiger partial charge in [0, 0.05) is 34.4 Å². The number of pyridine rings is 1. The summed E-state index contributed by atoms with van der Waals surface area (Å²) >= 11 is 0. The van der Waals surface area contributed by atoms with Crippen molar-refractivity contribution in [3.8, 4) is 0 Å². The molecule has 0 saturated carbocycles. The van der Waals surface area contributed by atoms with E-state index in [0.29, 0.717) is 0 Å². The molecule has 0 aromatic carbocycles. The number of hydrogen-bond donors (Lipinski definition) is 0. The van der Waals surface area contributed by atoms with E-state index in [-0.39, 0.29) is 11.0 Å². The number of fused-ring (bicyclic) bond motifs is 1. The van der Waals surface area contributed by atoms with Crippen LogP contribution in [-0.2, 0) is 11.0 Å². The average Bonchev–Trinajstić information content (AvgIpc) is 2.57. The molecule has 92 valence electrons. The number of nitrogens with zero attached hydrogens (tertiary/aromatic N) is 2. The van der Waals surface area contributed by atoms with Crippen LogP contribution < -0.4 is 0 Å². The normalized spacial score (nSPS) is 13.3. The van der Waals surface area contributed by atoms with E-state index in [1.165, 1.54) is 10.9 Å². The summed E-state index contributed by atoms with van der Waals surface area (Å²) in [6.07, 6.45) is 4.14. The molecule has 0 atom stereocenters. The highest BCUT2D eigenvalue weighted by Crippen LogP contribution is 2.27. The van der Waals surface area contributed by atoms with E-state index < -0.39 is 0 Å². The van der Waals surface area contributed by atoms with Crippen LogP contribution in [0.4, 0.5) is 0 Å². The standard InChI is InChI=1S/C15H22N2/c1-14(2,3)13-9-12-11(10-16-13)7-8-17(12)15(4,5)6/h7-10H,1-6H3. The van der Waals surface area contributed by atoms with Gasteiger partial charge in [0.25, 0.3) is 0 Å². The van der Waals surface area contributed by atoms with Crippen LogP contribution >= 0.6 is 0 Å². The van der Waals surface area contributed by atoms with Gasteiger partial charge in [-0.3, -0.25) is 4.98 Å². The molecule has 0 saturated heterocycles. The van der Waals surface area contributed by atoms with Crippen LogP contribution in [0.25, 0.3) is 10.9 Å². The van der Waals surface area contributed by atoms with E-state index in [0.717, 1.165) is 5.69 Å². The molecular formula is C15H22N2. The second-order valence-electron chi connectivity index (χ2n) is 6.73. The molecule has 0 aliphatic carbocycles. The second kappa shape index (κ2) is 3.59. The van der Waals surface area contributed by atoms with E-state index in [9.17, 15) is 0 Å². The van der Waals surface area contributed by atoms with Crippen molar-refractivity contribution < 1.29 is 0 Å². The predicted molar refractivity (Wildman–Crippen MR) is 73.4 cm³/mol. The summed E-state index contributed by atoms with van der Waals surface area (Å²) in [6, 6.07) is 4.36. The third-order valence-electron chi connectivity index (χ3n) is 3.07. The smallest absolute Gasteiger partial charge is 0.0519 e. The molecule has 2 rings (SSSR count). The maximum absolute atomic E-state index is 4.56. The van der Waals surface area contributed by atoms with Crippen LogP contribution in [0.5, 0.6) is 0 Å². The van der Waals surface area contributed by atoms with Crippen molar-refractivity contribution in [2.45, 2.75) is 52.5 Å². The Morgan fingerprint density at radius 3 is 2.24 bits per heavy atom. The minimum Gasteiger partial charge on any atom is -0.342 e.